The number of rotatable bonds is 6. The van der Waals surface area contributed by atoms with Crippen LogP contribution < -0.4 is 5.32 Å². The number of aliphatic hydroxyl groups excluding tert-OH is 1. The van der Waals surface area contributed by atoms with Crippen LogP contribution in [0.2, 0.25) is 0 Å². The molecule has 22 heavy (non-hydrogen) atoms. The van der Waals surface area contributed by atoms with Gasteiger partial charge in [-0.3, -0.25) is 9.69 Å². The number of nitrogens with zero attached hydrogens (tertiary/aromatic N) is 2. The molecule has 0 spiro atoms. The van der Waals surface area contributed by atoms with Gasteiger partial charge >= 0.3 is 0 Å². The van der Waals surface area contributed by atoms with Gasteiger partial charge in [0.25, 0.3) is 0 Å². The molecule has 0 aliphatic carbocycles. The van der Waals surface area contributed by atoms with Crippen LogP contribution in [0, 0.1) is 5.92 Å². The number of nitrogens with one attached hydrogen (secondary N) is 1. The van der Waals surface area contributed by atoms with E-state index in [9.17, 15) is 9.90 Å². The number of hydrogen-bond acceptors (Lipinski definition) is 5. The smallest absolute Gasteiger partial charge is 0.223 e. The molecule has 2 fully saturated rings. The van der Waals surface area contributed by atoms with Gasteiger partial charge in [0.1, 0.15) is 6.10 Å². The minimum absolute atomic E-state index is 0.0314. The normalized spacial score (nSPS) is 30.9. The van der Waals surface area contributed by atoms with E-state index in [1.807, 2.05) is 13.8 Å². The molecule has 3 unspecified atom stereocenters. The molecule has 2 saturated heterocycles. The van der Waals surface area contributed by atoms with Crippen molar-refractivity contribution in [1.29, 1.82) is 0 Å². The Morgan fingerprint density at radius 3 is 2.50 bits per heavy atom. The van der Waals surface area contributed by atoms with Crippen LogP contribution in [0.1, 0.15) is 26.7 Å². The predicted octanol–water partition coefficient (Wildman–Crippen LogP) is -0.0855. The fraction of sp³-hybridized carbons (Fsp3) is 0.938. The Hall–Kier alpha value is -0.690. The summed E-state index contributed by atoms with van der Waals surface area (Å²) < 4.78 is 5.74. The SMILES string of the molecule is CCC(CC)C(=O)NC1COC(CN2CCN(C)CC2)C1O. The Balaban J connectivity index is 1.79. The monoisotopic (exact) mass is 313 g/mol. The number of carbonyl (C=O) groups excluding carboxylic acids is 1. The lowest BCUT2D eigenvalue weighted by molar-refractivity contribution is -0.126. The van der Waals surface area contributed by atoms with Crippen LogP contribution in [0.5, 0.6) is 0 Å². The Labute approximate surface area is 133 Å². The lowest BCUT2D eigenvalue weighted by Gasteiger charge is -2.34. The summed E-state index contributed by atoms with van der Waals surface area (Å²) in [6.07, 6.45) is 0.848. The fourth-order valence-electron chi connectivity index (χ4n) is 3.22. The van der Waals surface area contributed by atoms with Gasteiger partial charge in [0.15, 0.2) is 0 Å². The zero-order valence-corrected chi connectivity index (χ0v) is 14.1. The van der Waals surface area contributed by atoms with Gasteiger partial charge in [0.05, 0.1) is 18.8 Å². The number of piperazine rings is 1. The number of amides is 1. The summed E-state index contributed by atoms with van der Waals surface area (Å²) in [4.78, 5) is 16.8. The Morgan fingerprint density at radius 2 is 1.91 bits per heavy atom. The topological polar surface area (TPSA) is 65.0 Å². The van der Waals surface area contributed by atoms with E-state index in [1.54, 1.807) is 0 Å². The van der Waals surface area contributed by atoms with Crippen molar-refractivity contribution in [3.63, 3.8) is 0 Å². The first kappa shape index (κ1) is 17.7. The third-order valence-corrected chi connectivity index (χ3v) is 5.00. The molecular weight excluding hydrogens is 282 g/mol. The Bertz CT molecular complexity index is 355. The standard InChI is InChI=1S/C16H31N3O3/c1-4-12(5-2)16(21)17-13-11-22-14(15(13)20)10-19-8-6-18(3)7-9-19/h12-15,20H,4-11H2,1-3H3,(H,17,21). The zero-order chi connectivity index (χ0) is 16.1. The first-order chi connectivity index (χ1) is 10.5. The van der Waals surface area contributed by atoms with E-state index in [2.05, 4.69) is 22.2 Å². The molecule has 2 aliphatic heterocycles. The van der Waals surface area contributed by atoms with E-state index in [0.717, 1.165) is 45.6 Å². The van der Waals surface area contributed by atoms with Crippen LogP contribution in [0.15, 0.2) is 0 Å². The molecule has 2 N–H and O–H groups in total. The molecule has 3 atom stereocenters. The number of hydrogen-bond donors (Lipinski definition) is 2. The molecule has 6 nitrogen and oxygen atoms in total. The number of carbonyl (C=O) groups is 1. The molecule has 128 valence electrons. The van der Waals surface area contributed by atoms with Crippen molar-refractivity contribution >= 4 is 5.91 Å². The molecule has 0 radical (unpaired) electrons. The molecule has 2 aliphatic rings. The van der Waals surface area contributed by atoms with E-state index in [1.165, 1.54) is 0 Å². The number of ether oxygens (including phenoxy) is 1. The summed E-state index contributed by atoms with van der Waals surface area (Å²) in [5.41, 5.74) is 0. The second-order valence-corrected chi connectivity index (χ2v) is 6.59. The van der Waals surface area contributed by atoms with Gasteiger partial charge in [-0.05, 0) is 19.9 Å². The molecular formula is C16H31N3O3. The highest BCUT2D eigenvalue weighted by atomic mass is 16.5. The molecule has 0 saturated carbocycles. The second-order valence-electron chi connectivity index (χ2n) is 6.59. The molecule has 6 heteroatoms. The average molecular weight is 313 g/mol. The summed E-state index contributed by atoms with van der Waals surface area (Å²) in [7, 11) is 2.13. The molecule has 2 heterocycles. The van der Waals surface area contributed by atoms with Gasteiger partial charge in [-0.1, -0.05) is 13.8 Å². The number of likely N-dealkylation sites (N-methyl/N-ethyl adjacent to an activating group) is 1. The highest BCUT2D eigenvalue weighted by molar-refractivity contribution is 5.78. The zero-order valence-electron chi connectivity index (χ0n) is 14.1. The maximum absolute atomic E-state index is 12.1. The van der Waals surface area contributed by atoms with Crippen molar-refractivity contribution in [2.24, 2.45) is 5.92 Å². The van der Waals surface area contributed by atoms with E-state index in [4.69, 9.17) is 4.74 Å². The van der Waals surface area contributed by atoms with Crippen LogP contribution in [0.25, 0.3) is 0 Å². The van der Waals surface area contributed by atoms with Gasteiger partial charge in [0.2, 0.25) is 5.91 Å². The van der Waals surface area contributed by atoms with Gasteiger partial charge in [-0.2, -0.15) is 0 Å². The maximum Gasteiger partial charge on any atom is 0.223 e. The highest BCUT2D eigenvalue weighted by Gasteiger charge is 2.38. The molecule has 1 amide bonds. The molecule has 2 rings (SSSR count). The lowest BCUT2D eigenvalue weighted by atomic mass is 10.0. The van der Waals surface area contributed by atoms with Crippen LogP contribution in [-0.2, 0) is 9.53 Å². The number of aliphatic hydroxyl groups is 1. The maximum atomic E-state index is 12.1. The third kappa shape index (κ3) is 4.41. The predicted molar refractivity (Wildman–Crippen MR) is 85.7 cm³/mol. The van der Waals surface area contributed by atoms with Crippen molar-refractivity contribution in [2.45, 2.75) is 44.9 Å². The molecule has 0 bridgehead atoms. The highest BCUT2D eigenvalue weighted by Crippen LogP contribution is 2.18. The van der Waals surface area contributed by atoms with E-state index >= 15 is 0 Å². The first-order valence-electron chi connectivity index (χ1n) is 8.56. The quantitative estimate of drug-likeness (QED) is 0.718. The summed E-state index contributed by atoms with van der Waals surface area (Å²) >= 11 is 0. The molecule has 0 aromatic carbocycles. The second kappa shape index (κ2) is 8.24. The van der Waals surface area contributed by atoms with Crippen molar-refractivity contribution < 1.29 is 14.6 Å². The molecule has 0 aromatic heterocycles. The Morgan fingerprint density at radius 1 is 1.27 bits per heavy atom. The van der Waals surface area contributed by atoms with Gasteiger partial charge in [-0.15, -0.1) is 0 Å². The minimum atomic E-state index is -0.613. The lowest BCUT2D eigenvalue weighted by Crippen LogP contribution is -2.51. The largest absolute Gasteiger partial charge is 0.388 e. The van der Waals surface area contributed by atoms with Crippen molar-refractivity contribution in [3.8, 4) is 0 Å². The average Bonchev–Trinajstić information content (AvgIpc) is 2.84. The summed E-state index contributed by atoms with van der Waals surface area (Å²) in [5, 5.41) is 13.4. The van der Waals surface area contributed by atoms with Gasteiger partial charge < -0.3 is 20.1 Å². The van der Waals surface area contributed by atoms with Crippen LogP contribution in [-0.4, -0.2) is 85.4 Å². The van der Waals surface area contributed by atoms with Crippen LogP contribution in [0.4, 0.5) is 0 Å². The summed E-state index contributed by atoms with van der Waals surface area (Å²) in [6.45, 7) is 9.31. The summed E-state index contributed by atoms with van der Waals surface area (Å²) in [5.74, 6) is 0.0711. The van der Waals surface area contributed by atoms with Gasteiger partial charge in [0, 0.05) is 38.6 Å². The van der Waals surface area contributed by atoms with Crippen molar-refractivity contribution in [1.82, 2.24) is 15.1 Å². The third-order valence-electron chi connectivity index (χ3n) is 5.00. The Kier molecular flexibility index (Phi) is 6.62. The minimum Gasteiger partial charge on any atom is -0.388 e. The first-order valence-corrected chi connectivity index (χ1v) is 8.56. The van der Waals surface area contributed by atoms with Gasteiger partial charge in [-0.25, -0.2) is 0 Å². The van der Waals surface area contributed by atoms with Crippen LogP contribution >= 0.6 is 0 Å². The summed E-state index contributed by atoms with van der Waals surface area (Å²) in [6, 6.07) is -0.273. The van der Waals surface area contributed by atoms with E-state index in [-0.39, 0.29) is 24.0 Å². The molecule has 0 aromatic rings. The van der Waals surface area contributed by atoms with Crippen LogP contribution in [0.3, 0.4) is 0 Å². The van der Waals surface area contributed by atoms with Crippen molar-refractivity contribution in [3.05, 3.63) is 0 Å². The van der Waals surface area contributed by atoms with Crippen molar-refractivity contribution in [2.75, 3.05) is 46.4 Å². The fourth-order valence-corrected chi connectivity index (χ4v) is 3.22. The van der Waals surface area contributed by atoms with E-state index < -0.39 is 6.10 Å². The van der Waals surface area contributed by atoms with E-state index in [0.29, 0.717) is 6.61 Å².